The molecule has 12 heavy (non-hydrogen) atoms. The monoisotopic (exact) mass is 224 g/mol. The first-order chi connectivity index (χ1) is 5.77. The van der Waals surface area contributed by atoms with Crippen molar-refractivity contribution in [1.29, 1.82) is 0 Å². The van der Waals surface area contributed by atoms with E-state index in [1.165, 1.54) is 12.8 Å². The van der Waals surface area contributed by atoms with E-state index >= 15 is 0 Å². The lowest BCUT2D eigenvalue weighted by Crippen LogP contribution is -1.93. The van der Waals surface area contributed by atoms with Gasteiger partial charge in [0.1, 0.15) is 0 Å². The van der Waals surface area contributed by atoms with Gasteiger partial charge in [0.15, 0.2) is 5.82 Å². The first-order valence-electron chi connectivity index (χ1n) is 3.94. The van der Waals surface area contributed by atoms with Crippen LogP contribution in [0.4, 0.5) is 0 Å². The molecule has 0 bridgehead atoms. The maximum Gasteiger partial charge on any atom is 0.154 e. The summed E-state index contributed by atoms with van der Waals surface area (Å²) in [5.41, 5.74) is 1.09. The average Bonchev–Trinajstić information content (AvgIpc) is 2.87. The minimum Gasteiger partial charge on any atom is -0.236 e. The summed E-state index contributed by atoms with van der Waals surface area (Å²) in [7, 11) is 0. The summed E-state index contributed by atoms with van der Waals surface area (Å²) in [5.74, 6) is 1.44. The van der Waals surface area contributed by atoms with E-state index < -0.39 is 0 Å². The Morgan fingerprint density at radius 2 is 2.00 bits per heavy atom. The average molecular weight is 225 g/mol. The highest BCUT2D eigenvalue weighted by molar-refractivity contribution is 9.10. The van der Waals surface area contributed by atoms with Crippen LogP contribution in [0.25, 0.3) is 5.57 Å². The van der Waals surface area contributed by atoms with Crippen molar-refractivity contribution >= 4 is 21.5 Å². The van der Waals surface area contributed by atoms with Crippen LogP contribution in [-0.2, 0) is 0 Å². The van der Waals surface area contributed by atoms with Gasteiger partial charge >= 0.3 is 0 Å². The second-order valence-electron chi connectivity index (χ2n) is 3.02. The Balaban J connectivity index is 2.22. The van der Waals surface area contributed by atoms with E-state index in [0.29, 0.717) is 5.92 Å². The molecule has 2 nitrogen and oxygen atoms in total. The molecule has 1 saturated carbocycles. The predicted molar refractivity (Wildman–Crippen MR) is 51.5 cm³/mol. The molecule has 0 amide bonds. The van der Waals surface area contributed by atoms with Crippen molar-refractivity contribution in [3.05, 3.63) is 29.3 Å². The van der Waals surface area contributed by atoms with Crippen molar-refractivity contribution in [2.75, 3.05) is 0 Å². The Kier molecular flexibility index (Phi) is 1.97. The standard InChI is InChI=1S/C9H9BrN2/c1-6(7-2-3-7)9-11-4-8(10)5-12-9/h4-5,7H,1-3H2. The topological polar surface area (TPSA) is 25.8 Å². The largest absolute Gasteiger partial charge is 0.236 e. The highest BCUT2D eigenvalue weighted by Crippen LogP contribution is 2.39. The fourth-order valence-corrected chi connectivity index (χ4v) is 1.30. The summed E-state index contributed by atoms with van der Waals surface area (Å²) < 4.78 is 0.912. The van der Waals surface area contributed by atoms with Crippen molar-refractivity contribution in [1.82, 2.24) is 9.97 Å². The number of aromatic nitrogens is 2. The molecule has 0 atom stereocenters. The molecule has 1 heterocycles. The van der Waals surface area contributed by atoms with E-state index in [1.807, 2.05) is 0 Å². The van der Waals surface area contributed by atoms with Gasteiger partial charge < -0.3 is 0 Å². The molecule has 1 aromatic heterocycles. The van der Waals surface area contributed by atoms with Crippen LogP contribution in [0.3, 0.4) is 0 Å². The highest BCUT2D eigenvalue weighted by atomic mass is 79.9. The first kappa shape index (κ1) is 7.92. The lowest BCUT2D eigenvalue weighted by Gasteiger charge is -2.00. The quantitative estimate of drug-likeness (QED) is 0.773. The van der Waals surface area contributed by atoms with Crippen molar-refractivity contribution < 1.29 is 0 Å². The van der Waals surface area contributed by atoms with E-state index in [2.05, 4.69) is 32.5 Å². The molecular formula is C9H9BrN2. The summed E-state index contributed by atoms with van der Waals surface area (Å²) in [6.45, 7) is 3.98. The van der Waals surface area contributed by atoms with Crippen molar-refractivity contribution in [3.63, 3.8) is 0 Å². The molecule has 1 fully saturated rings. The Bertz CT molecular complexity index is 301. The molecule has 0 aromatic carbocycles. The number of hydrogen-bond acceptors (Lipinski definition) is 2. The van der Waals surface area contributed by atoms with Crippen molar-refractivity contribution in [2.45, 2.75) is 12.8 Å². The second kappa shape index (κ2) is 2.98. The lowest BCUT2D eigenvalue weighted by atomic mass is 10.2. The van der Waals surface area contributed by atoms with Gasteiger partial charge in [0.2, 0.25) is 0 Å². The van der Waals surface area contributed by atoms with Crippen LogP contribution in [0.15, 0.2) is 23.4 Å². The maximum absolute atomic E-state index is 4.18. The molecular weight excluding hydrogens is 216 g/mol. The van der Waals surface area contributed by atoms with Crippen LogP contribution < -0.4 is 0 Å². The summed E-state index contributed by atoms with van der Waals surface area (Å²) in [6.07, 6.45) is 6.02. The number of allylic oxidation sites excluding steroid dienone is 1. The van der Waals surface area contributed by atoms with Gasteiger partial charge in [-0.2, -0.15) is 0 Å². The summed E-state index contributed by atoms with van der Waals surface area (Å²) >= 11 is 3.29. The molecule has 2 rings (SSSR count). The second-order valence-corrected chi connectivity index (χ2v) is 3.94. The molecule has 0 unspecified atom stereocenters. The van der Waals surface area contributed by atoms with Gasteiger partial charge in [-0.05, 0) is 40.3 Å². The normalized spacial score (nSPS) is 16.1. The van der Waals surface area contributed by atoms with Gasteiger partial charge in [-0.1, -0.05) is 6.58 Å². The molecule has 0 aliphatic heterocycles. The van der Waals surface area contributed by atoms with E-state index in [0.717, 1.165) is 15.9 Å². The molecule has 0 spiro atoms. The van der Waals surface area contributed by atoms with Gasteiger partial charge in [0.05, 0.1) is 4.47 Å². The van der Waals surface area contributed by atoms with Crippen LogP contribution in [0, 0.1) is 5.92 Å². The van der Waals surface area contributed by atoms with Crippen LogP contribution in [0.1, 0.15) is 18.7 Å². The third kappa shape index (κ3) is 1.55. The van der Waals surface area contributed by atoms with E-state index in [1.54, 1.807) is 12.4 Å². The zero-order chi connectivity index (χ0) is 8.55. The Morgan fingerprint density at radius 1 is 1.42 bits per heavy atom. The third-order valence-electron chi connectivity index (χ3n) is 1.98. The fraction of sp³-hybridized carbons (Fsp3) is 0.333. The summed E-state index contributed by atoms with van der Waals surface area (Å²) in [5, 5.41) is 0. The van der Waals surface area contributed by atoms with Gasteiger partial charge in [-0.3, -0.25) is 0 Å². The molecule has 0 radical (unpaired) electrons. The van der Waals surface area contributed by atoms with Crippen LogP contribution in [0.2, 0.25) is 0 Å². The first-order valence-corrected chi connectivity index (χ1v) is 4.73. The van der Waals surface area contributed by atoms with Crippen LogP contribution >= 0.6 is 15.9 Å². The van der Waals surface area contributed by atoms with Crippen molar-refractivity contribution in [3.8, 4) is 0 Å². The van der Waals surface area contributed by atoms with Crippen LogP contribution in [0.5, 0.6) is 0 Å². The molecule has 1 aliphatic rings. The van der Waals surface area contributed by atoms with Gasteiger partial charge in [-0.25, -0.2) is 9.97 Å². The number of rotatable bonds is 2. The predicted octanol–water partition coefficient (Wildman–Crippen LogP) is 2.66. The maximum atomic E-state index is 4.18. The van der Waals surface area contributed by atoms with Gasteiger partial charge in [0, 0.05) is 12.4 Å². The molecule has 1 aromatic rings. The van der Waals surface area contributed by atoms with Gasteiger partial charge in [0.25, 0.3) is 0 Å². The SMILES string of the molecule is C=C(c1ncc(Br)cn1)C1CC1. The molecule has 0 saturated heterocycles. The number of halogens is 1. The zero-order valence-electron chi connectivity index (χ0n) is 6.63. The smallest absolute Gasteiger partial charge is 0.154 e. The van der Waals surface area contributed by atoms with E-state index in [9.17, 15) is 0 Å². The molecule has 1 aliphatic carbocycles. The number of nitrogens with zero attached hydrogens (tertiary/aromatic N) is 2. The Labute approximate surface area is 79.9 Å². The molecule has 62 valence electrons. The third-order valence-corrected chi connectivity index (χ3v) is 2.39. The lowest BCUT2D eigenvalue weighted by molar-refractivity contribution is 1.04. The summed E-state index contributed by atoms with van der Waals surface area (Å²) in [4.78, 5) is 8.36. The van der Waals surface area contributed by atoms with E-state index in [4.69, 9.17) is 0 Å². The summed E-state index contributed by atoms with van der Waals surface area (Å²) in [6, 6.07) is 0. The number of hydrogen-bond donors (Lipinski definition) is 0. The fourth-order valence-electron chi connectivity index (χ4n) is 1.09. The minimum absolute atomic E-state index is 0.645. The highest BCUT2D eigenvalue weighted by Gasteiger charge is 2.26. The van der Waals surface area contributed by atoms with E-state index in [-0.39, 0.29) is 0 Å². The molecule has 3 heteroatoms. The minimum atomic E-state index is 0.645. The Morgan fingerprint density at radius 3 is 2.50 bits per heavy atom. The van der Waals surface area contributed by atoms with Crippen molar-refractivity contribution in [2.24, 2.45) is 5.92 Å². The van der Waals surface area contributed by atoms with Crippen LogP contribution in [-0.4, -0.2) is 9.97 Å². The zero-order valence-corrected chi connectivity index (χ0v) is 8.21. The Hall–Kier alpha value is -0.700. The molecule has 0 N–H and O–H groups in total. The van der Waals surface area contributed by atoms with Gasteiger partial charge in [-0.15, -0.1) is 0 Å².